The molecule has 5 rings (SSSR count). The second-order valence-electron chi connectivity index (χ2n) is 8.10. The lowest BCUT2D eigenvalue weighted by molar-refractivity contribution is -0.117. The number of rotatable bonds is 5. The highest BCUT2D eigenvalue weighted by Gasteiger charge is 2.35. The van der Waals surface area contributed by atoms with E-state index >= 15 is 0 Å². The number of para-hydroxylation sites is 1. The maximum Gasteiger partial charge on any atom is 0.264 e. The minimum absolute atomic E-state index is 0.0588. The Kier molecular flexibility index (Phi) is 5.46. The molecule has 0 N–H and O–H groups in total. The molecular weight excluding hydrogens is 440 g/mol. The van der Waals surface area contributed by atoms with Gasteiger partial charge in [-0.15, -0.1) is 0 Å². The molecule has 0 spiro atoms. The molecule has 0 aromatic heterocycles. The lowest BCUT2D eigenvalue weighted by atomic mass is 10.1. The molecule has 0 saturated heterocycles. The highest BCUT2D eigenvalue weighted by Crippen LogP contribution is 2.37. The number of anilines is 2. The van der Waals surface area contributed by atoms with E-state index in [-0.39, 0.29) is 23.4 Å². The molecule has 1 amide bonds. The summed E-state index contributed by atoms with van der Waals surface area (Å²) in [6.07, 6.45) is 0.734. The fraction of sp³-hybridized carbons (Fsp3) is 0.240. The van der Waals surface area contributed by atoms with Gasteiger partial charge in [-0.25, -0.2) is 8.42 Å². The predicted molar refractivity (Wildman–Crippen MR) is 125 cm³/mol. The molecule has 33 heavy (non-hydrogen) atoms. The molecule has 8 heteroatoms. The first kappa shape index (κ1) is 21.3. The van der Waals surface area contributed by atoms with Crippen LogP contribution in [0.3, 0.4) is 0 Å². The van der Waals surface area contributed by atoms with Gasteiger partial charge >= 0.3 is 0 Å². The zero-order valence-electron chi connectivity index (χ0n) is 18.2. The topological polar surface area (TPSA) is 76.2 Å². The Hall–Kier alpha value is -3.52. The summed E-state index contributed by atoms with van der Waals surface area (Å²) in [7, 11) is -4.01. The van der Waals surface area contributed by atoms with Gasteiger partial charge in [-0.3, -0.25) is 9.10 Å². The number of fused-ring (bicyclic) bond motifs is 2. The number of nitrogens with zero attached hydrogens (tertiary/aromatic N) is 2. The van der Waals surface area contributed by atoms with E-state index in [0.29, 0.717) is 30.4 Å². The maximum absolute atomic E-state index is 13.7. The Bertz CT molecular complexity index is 1290. The first-order valence-corrected chi connectivity index (χ1v) is 12.3. The van der Waals surface area contributed by atoms with Crippen LogP contribution in [0.4, 0.5) is 11.4 Å². The molecular formula is C25H24N2O5S. The van der Waals surface area contributed by atoms with Crippen LogP contribution < -0.4 is 18.7 Å². The largest absolute Gasteiger partial charge is 0.486 e. The van der Waals surface area contributed by atoms with Crippen LogP contribution in [0.1, 0.15) is 12.5 Å². The van der Waals surface area contributed by atoms with Gasteiger partial charge < -0.3 is 14.4 Å². The quantitative estimate of drug-likeness (QED) is 0.576. The SMILES string of the molecule is CC1Cc2ccccc2N1C(=O)CN(c1ccc2c(c1)OCCO2)S(=O)(=O)c1ccccc1. The third-order valence-electron chi connectivity index (χ3n) is 5.90. The predicted octanol–water partition coefficient (Wildman–Crippen LogP) is 3.63. The summed E-state index contributed by atoms with van der Waals surface area (Å²) in [6, 6.07) is 20.7. The highest BCUT2D eigenvalue weighted by atomic mass is 32.2. The van der Waals surface area contributed by atoms with Gasteiger partial charge in [0.15, 0.2) is 11.5 Å². The Morgan fingerprint density at radius 1 is 0.970 bits per heavy atom. The van der Waals surface area contributed by atoms with Crippen LogP contribution in [-0.4, -0.2) is 40.1 Å². The van der Waals surface area contributed by atoms with E-state index in [9.17, 15) is 13.2 Å². The first-order valence-electron chi connectivity index (χ1n) is 10.8. The number of amides is 1. The van der Waals surface area contributed by atoms with Gasteiger partial charge in [-0.2, -0.15) is 0 Å². The van der Waals surface area contributed by atoms with Gasteiger partial charge in [0.25, 0.3) is 10.0 Å². The molecule has 2 heterocycles. The zero-order valence-corrected chi connectivity index (χ0v) is 19.0. The number of benzene rings is 3. The number of hydrogen-bond acceptors (Lipinski definition) is 5. The normalized spacial score (nSPS) is 16.9. The van der Waals surface area contributed by atoms with Crippen molar-refractivity contribution < 1.29 is 22.7 Å². The molecule has 2 aliphatic heterocycles. The van der Waals surface area contributed by atoms with Crippen molar-refractivity contribution >= 4 is 27.3 Å². The Labute approximate surface area is 193 Å². The second-order valence-corrected chi connectivity index (χ2v) is 9.96. The average Bonchev–Trinajstić information content (AvgIpc) is 3.18. The molecule has 7 nitrogen and oxygen atoms in total. The molecule has 0 radical (unpaired) electrons. The summed E-state index contributed by atoms with van der Waals surface area (Å²) in [5.41, 5.74) is 2.25. The van der Waals surface area contributed by atoms with E-state index in [2.05, 4.69) is 0 Å². The molecule has 0 bridgehead atoms. The van der Waals surface area contributed by atoms with Gasteiger partial charge in [-0.05, 0) is 49.2 Å². The molecule has 3 aromatic rings. The molecule has 170 valence electrons. The number of hydrogen-bond donors (Lipinski definition) is 0. The number of carbonyl (C=O) groups is 1. The van der Waals surface area contributed by atoms with Crippen molar-refractivity contribution in [3.8, 4) is 11.5 Å². The Morgan fingerprint density at radius 3 is 2.45 bits per heavy atom. The van der Waals surface area contributed by atoms with Crippen molar-refractivity contribution in [3.05, 3.63) is 78.4 Å². The average molecular weight is 465 g/mol. The second kappa shape index (κ2) is 8.44. The minimum Gasteiger partial charge on any atom is -0.486 e. The van der Waals surface area contributed by atoms with Crippen molar-refractivity contribution in [2.75, 3.05) is 29.0 Å². The molecule has 1 unspecified atom stereocenters. The fourth-order valence-corrected chi connectivity index (χ4v) is 5.79. The van der Waals surface area contributed by atoms with E-state index in [1.54, 1.807) is 41.3 Å². The van der Waals surface area contributed by atoms with E-state index in [1.165, 1.54) is 12.1 Å². The molecule has 0 aliphatic carbocycles. The van der Waals surface area contributed by atoms with E-state index in [4.69, 9.17) is 9.47 Å². The van der Waals surface area contributed by atoms with Crippen LogP contribution >= 0.6 is 0 Å². The maximum atomic E-state index is 13.7. The van der Waals surface area contributed by atoms with Crippen LogP contribution in [0.2, 0.25) is 0 Å². The van der Waals surface area contributed by atoms with Gasteiger partial charge in [0.1, 0.15) is 19.8 Å². The smallest absolute Gasteiger partial charge is 0.264 e. The summed E-state index contributed by atoms with van der Waals surface area (Å²) >= 11 is 0. The molecule has 0 saturated carbocycles. The van der Waals surface area contributed by atoms with Crippen molar-refractivity contribution in [3.63, 3.8) is 0 Å². The Balaban J connectivity index is 1.54. The van der Waals surface area contributed by atoms with Gasteiger partial charge in [0, 0.05) is 17.8 Å². The molecule has 0 fully saturated rings. The van der Waals surface area contributed by atoms with Gasteiger partial charge in [0.2, 0.25) is 5.91 Å². The third kappa shape index (κ3) is 3.91. The zero-order chi connectivity index (χ0) is 23.0. The summed E-state index contributed by atoms with van der Waals surface area (Å²) in [5.74, 6) is 0.719. The lowest BCUT2D eigenvalue weighted by Crippen LogP contribution is -2.45. The monoisotopic (exact) mass is 464 g/mol. The summed E-state index contributed by atoms with van der Waals surface area (Å²) in [5, 5.41) is 0. The van der Waals surface area contributed by atoms with Crippen LogP contribution in [0, 0.1) is 0 Å². The lowest BCUT2D eigenvalue weighted by Gasteiger charge is -2.29. The van der Waals surface area contributed by atoms with Crippen LogP contribution in [0.25, 0.3) is 0 Å². The van der Waals surface area contributed by atoms with E-state index < -0.39 is 10.0 Å². The summed E-state index contributed by atoms with van der Waals surface area (Å²) < 4.78 is 39.7. The molecule has 2 aliphatic rings. The van der Waals surface area contributed by atoms with Crippen LogP contribution in [0.5, 0.6) is 11.5 Å². The van der Waals surface area contributed by atoms with Crippen molar-refractivity contribution in [2.24, 2.45) is 0 Å². The molecule has 1 atom stereocenters. The third-order valence-corrected chi connectivity index (χ3v) is 7.69. The first-order chi connectivity index (χ1) is 15.9. The highest BCUT2D eigenvalue weighted by molar-refractivity contribution is 7.92. The standard InChI is InChI=1S/C25H24N2O5S/c1-18-15-19-7-5-6-10-22(19)27(18)25(28)17-26(33(29,30)21-8-3-2-4-9-21)20-11-12-23-24(16-20)32-14-13-31-23/h2-12,16,18H,13-15,17H2,1H3. The van der Waals surface area contributed by atoms with Crippen molar-refractivity contribution in [2.45, 2.75) is 24.3 Å². The van der Waals surface area contributed by atoms with Crippen molar-refractivity contribution in [1.29, 1.82) is 0 Å². The summed E-state index contributed by atoms with van der Waals surface area (Å²) in [6.45, 7) is 2.44. The number of sulfonamides is 1. The fourth-order valence-electron chi connectivity index (χ4n) is 4.37. The van der Waals surface area contributed by atoms with Crippen LogP contribution in [0.15, 0.2) is 77.7 Å². The van der Waals surface area contributed by atoms with Gasteiger partial charge in [-0.1, -0.05) is 36.4 Å². The number of carbonyl (C=O) groups excluding carboxylic acids is 1. The van der Waals surface area contributed by atoms with Crippen LogP contribution in [-0.2, 0) is 21.2 Å². The van der Waals surface area contributed by atoms with Gasteiger partial charge in [0.05, 0.1) is 10.6 Å². The Morgan fingerprint density at radius 2 is 1.67 bits per heavy atom. The summed E-state index contributed by atoms with van der Waals surface area (Å²) in [4.78, 5) is 15.3. The van der Waals surface area contributed by atoms with E-state index in [1.807, 2.05) is 31.2 Å². The molecule has 3 aromatic carbocycles. The van der Waals surface area contributed by atoms with Crippen molar-refractivity contribution in [1.82, 2.24) is 0 Å². The number of ether oxygens (including phenoxy) is 2. The van der Waals surface area contributed by atoms with E-state index in [0.717, 1.165) is 22.0 Å². The minimum atomic E-state index is -4.01.